The third-order valence-electron chi connectivity index (χ3n) is 3.09. The van der Waals surface area contributed by atoms with Crippen molar-refractivity contribution in [3.05, 3.63) is 22.3 Å². The third kappa shape index (κ3) is 4.11. The van der Waals surface area contributed by atoms with Gasteiger partial charge in [-0.05, 0) is 13.0 Å². The number of esters is 1. The number of methoxy groups -OCH3 is 1. The molecule has 0 unspecified atom stereocenters. The van der Waals surface area contributed by atoms with Crippen molar-refractivity contribution in [1.29, 1.82) is 0 Å². The molecule has 0 aliphatic heterocycles. The summed E-state index contributed by atoms with van der Waals surface area (Å²) in [5.41, 5.74) is 0.375. The van der Waals surface area contributed by atoms with Gasteiger partial charge in [0.1, 0.15) is 10.8 Å². The van der Waals surface area contributed by atoms with Crippen LogP contribution in [0.5, 0.6) is 0 Å². The minimum absolute atomic E-state index is 0.188. The second-order valence-corrected chi connectivity index (χ2v) is 6.94. The molecule has 0 aromatic carbocycles. The monoisotopic (exact) mass is 354 g/mol. The molecule has 1 amide bonds. The van der Waals surface area contributed by atoms with Gasteiger partial charge in [0.05, 0.1) is 18.4 Å². The number of carbonyl (C=O) groups excluding carboxylic acids is 2. The van der Waals surface area contributed by atoms with Crippen LogP contribution in [0.3, 0.4) is 0 Å². The van der Waals surface area contributed by atoms with E-state index >= 15 is 0 Å². The number of thioether (sulfide) groups is 1. The van der Waals surface area contributed by atoms with Gasteiger partial charge in [-0.25, -0.2) is 4.79 Å². The van der Waals surface area contributed by atoms with E-state index in [1.165, 1.54) is 30.2 Å². The highest BCUT2D eigenvalue weighted by atomic mass is 32.2. The Morgan fingerprint density at radius 3 is 2.78 bits per heavy atom. The van der Waals surface area contributed by atoms with Gasteiger partial charge in [-0.15, -0.1) is 21.5 Å². The van der Waals surface area contributed by atoms with Crippen LogP contribution in [-0.2, 0) is 23.0 Å². The predicted molar refractivity (Wildman–Crippen MR) is 90.1 cm³/mol. The van der Waals surface area contributed by atoms with Gasteiger partial charge in [0.25, 0.3) is 0 Å². The van der Waals surface area contributed by atoms with Gasteiger partial charge < -0.3 is 14.6 Å². The summed E-state index contributed by atoms with van der Waals surface area (Å²) in [5, 5.41) is 12.1. The highest BCUT2D eigenvalue weighted by Gasteiger charge is 2.18. The van der Waals surface area contributed by atoms with Crippen molar-refractivity contribution in [2.75, 3.05) is 18.2 Å². The number of aryl methyl sites for hydroxylation is 2. The summed E-state index contributed by atoms with van der Waals surface area (Å²) in [4.78, 5) is 24.7. The second kappa shape index (κ2) is 7.60. The Labute approximate surface area is 142 Å². The summed E-state index contributed by atoms with van der Waals surface area (Å²) < 4.78 is 6.59. The van der Waals surface area contributed by atoms with Crippen LogP contribution in [-0.4, -0.2) is 39.5 Å². The van der Waals surface area contributed by atoms with Crippen LogP contribution >= 0.6 is 23.1 Å². The Morgan fingerprint density at radius 1 is 1.43 bits per heavy atom. The van der Waals surface area contributed by atoms with E-state index in [-0.39, 0.29) is 11.7 Å². The van der Waals surface area contributed by atoms with Gasteiger partial charge in [-0.2, -0.15) is 0 Å². The Bertz CT molecular complexity index is 724. The molecular formula is C14H18N4O3S2. The lowest BCUT2D eigenvalue weighted by Crippen LogP contribution is -2.16. The zero-order chi connectivity index (χ0) is 17.0. The minimum Gasteiger partial charge on any atom is -0.465 e. The van der Waals surface area contributed by atoms with Crippen molar-refractivity contribution >= 4 is 40.0 Å². The van der Waals surface area contributed by atoms with Gasteiger partial charge in [0.2, 0.25) is 5.91 Å². The van der Waals surface area contributed by atoms with Crippen molar-refractivity contribution < 1.29 is 14.3 Å². The molecule has 2 heterocycles. The molecule has 2 aromatic heterocycles. The highest BCUT2D eigenvalue weighted by Crippen LogP contribution is 2.28. The molecular weight excluding hydrogens is 336 g/mol. The first-order valence-corrected chi connectivity index (χ1v) is 8.76. The van der Waals surface area contributed by atoms with Gasteiger partial charge in [-0.3, -0.25) is 4.79 Å². The summed E-state index contributed by atoms with van der Waals surface area (Å²) in [6.07, 6.45) is 0.785. The van der Waals surface area contributed by atoms with Crippen LogP contribution in [0.25, 0.3) is 0 Å². The van der Waals surface area contributed by atoms with E-state index in [1.807, 2.05) is 25.5 Å². The topological polar surface area (TPSA) is 86.1 Å². The van der Waals surface area contributed by atoms with E-state index in [4.69, 9.17) is 4.74 Å². The maximum atomic E-state index is 12.1. The molecule has 0 aliphatic rings. The number of amides is 1. The first-order valence-electron chi connectivity index (χ1n) is 6.95. The van der Waals surface area contributed by atoms with E-state index in [2.05, 4.69) is 15.5 Å². The van der Waals surface area contributed by atoms with Crippen LogP contribution in [0.15, 0.2) is 11.2 Å². The summed E-state index contributed by atoms with van der Waals surface area (Å²) >= 11 is 2.65. The van der Waals surface area contributed by atoms with Crippen molar-refractivity contribution in [3.63, 3.8) is 0 Å². The molecule has 0 saturated carbocycles. The number of carbonyl (C=O) groups is 2. The summed E-state index contributed by atoms with van der Waals surface area (Å²) in [6, 6.07) is 1.70. The highest BCUT2D eigenvalue weighted by molar-refractivity contribution is 7.99. The Balaban J connectivity index is 2.00. The number of aromatic nitrogens is 3. The first-order chi connectivity index (χ1) is 11.0. The van der Waals surface area contributed by atoms with Crippen LogP contribution in [0.4, 0.5) is 5.00 Å². The molecule has 0 spiro atoms. The number of thiophene rings is 1. The zero-order valence-corrected chi connectivity index (χ0v) is 15.0. The average Bonchev–Trinajstić information content (AvgIpc) is 3.07. The fourth-order valence-corrected chi connectivity index (χ4v) is 3.59. The lowest BCUT2D eigenvalue weighted by Gasteiger charge is -2.05. The van der Waals surface area contributed by atoms with Crippen molar-refractivity contribution in [1.82, 2.24) is 14.8 Å². The fourth-order valence-electron chi connectivity index (χ4n) is 1.94. The van der Waals surface area contributed by atoms with Gasteiger partial charge in [-0.1, -0.05) is 18.7 Å². The molecule has 0 saturated heterocycles. The quantitative estimate of drug-likeness (QED) is 0.632. The number of rotatable bonds is 6. The number of nitrogens with one attached hydrogen (secondary N) is 1. The van der Waals surface area contributed by atoms with Crippen LogP contribution in [0.1, 0.15) is 28.0 Å². The van der Waals surface area contributed by atoms with E-state index in [1.54, 1.807) is 6.07 Å². The lowest BCUT2D eigenvalue weighted by molar-refractivity contribution is -0.113. The predicted octanol–water partition coefficient (Wildman–Crippen LogP) is 2.26. The number of anilines is 1. The van der Waals surface area contributed by atoms with E-state index in [0.29, 0.717) is 15.7 Å². The van der Waals surface area contributed by atoms with E-state index in [9.17, 15) is 9.59 Å². The molecule has 0 aliphatic carbocycles. The summed E-state index contributed by atoms with van der Waals surface area (Å²) in [5.74, 6) is 0.392. The van der Waals surface area contributed by atoms with Crippen LogP contribution in [0.2, 0.25) is 0 Å². The van der Waals surface area contributed by atoms with Gasteiger partial charge in [0, 0.05) is 18.3 Å². The van der Waals surface area contributed by atoms with Crippen molar-refractivity contribution in [2.45, 2.75) is 25.4 Å². The zero-order valence-electron chi connectivity index (χ0n) is 13.4. The number of nitrogens with zero attached hydrogens (tertiary/aromatic N) is 3. The SMILES string of the molecule is CCc1nnc(SCC(=O)Nc2sc(C)cc2C(=O)OC)n1C. The largest absolute Gasteiger partial charge is 0.465 e. The Hall–Kier alpha value is -1.87. The summed E-state index contributed by atoms with van der Waals surface area (Å²) in [7, 11) is 3.19. The number of ether oxygens (including phenoxy) is 1. The Kier molecular flexibility index (Phi) is 5.78. The molecule has 124 valence electrons. The maximum absolute atomic E-state index is 12.1. The van der Waals surface area contributed by atoms with Crippen molar-refractivity contribution in [3.8, 4) is 0 Å². The van der Waals surface area contributed by atoms with Gasteiger partial charge >= 0.3 is 5.97 Å². The third-order valence-corrected chi connectivity index (χ3v) is 5.07. The molecule has 2 aromatic rings. The number of hydrogen-bond acceptors (Lipinski definition) is 7. The van der Waals surface area contributed by atoms with Crippen LogP contribution in [0, 0.1) is 6.92 Å². The molecule has 9 heteroatoms. The number of hydrogen-bond donors (Lipinski definition) is 1. The first kappa shape index (κ1) is 17.5. The van der Waals surface area contributed by atoms with E-state index < -0.39 is 5.97 Å². The maximum Gasteiger partial charge on any atom is 0.340 e. The second-order valence-electron chi connectivity index (χ2n) is 4.74. The molecule has 1 N–H and O–H groups in total. The standard InChI is InChI=1S/C14H18N4O3S2/c1-5-10-16-17-14(18(10)3)22-7-11(19)15-12-9(13(20)21-4)6-8(2)23-12/h6H,5,7H2,1-4H3,(H,15,19). The molecule has 2 rings (SSSR count). The molecule has 7 nitrogen and oxygen atoms in total. The van der Waals surface area contributed by atoms with Gasteiger partial charge in [0.15, 0.2) is 5.16 Å². The average molecular weight is 354 g/mol. The minimum atomic E-state index is -0.460. The normalized spacial score (nSPS) is 10.6. The smallest absolute Gasteiger partial charge is 0.340 e. The molecule has 0 fully saturated rings. The fraction of sp³-hybridized carbons (Fsp3) is 0.429. The van der Waals surface area contributed by atoms with Crippen molar-refractivity contribution in [2.24, 2.45) is 7.05 Å². The lowest BCUT2D eigenvalue weighted by atomic mass is 10.3. The van der Waals surface area contributed by atoms with Crippen LogP contribution < -0.4 is 5.32 Å². The molecule has 0 atom stereocenters. The molecule has 0 radical (unpaired) electrons. The Morgan fingerprint density at radius 2 is 2.17 bits per heavy atom. The molecule has 23 heavy (non-hydrogen) atoms. The molecule has 0 bridgehead atoms. The van der Waals surface area contributed by atoms with E-state index in [0.717, 1.165) is 17.1 Å². The summed E-state index contributed by atoms with van der Waals surface area (Å²) in [6.45, 7) is 3.87.